The van der Waals surface area contributed by atoms with Crippen molar-refractivity contribution in [3.8, 4) is 0 Å². The molecule has 0 spiro atoms. The summed E-state index contributed by atoms with van der Waals surface area (Å²) in [5.41, 5.74) is 3.17. The fraction of sp³-hybridized carbons (Fsp3) is 0.259. The second-order valence-electron chi connectivity index (χ2n) is 8.51. The molecular weight excluding hydrogens is 442 g/mol. The number of rotatable bonds is 8. The van der Waals surface area contributed by atoms with Gasteiger partial charge >= 0.3 is 0 Å². The van der Waals surface area contributed by atoms with Crippen LogP contribution in [0.4, 0.5) is 11.5 Å². The first-order chi connectivity index (χ1) is 16.8. The number of nitrogens with zero attached hydrogens (tertiary/aromatic N) is 3. The SMILES string of the molecule is O=C(NCCNc1nsc2ccccc12)c1cccc(CN2CCN(c3ccccc3)CC2)c1. The minimum atomic E-state index is -0.0410. The molecule has 3 aromatic carbocycles. The number of hydrogen-bond acceptors (Lipinski definition) is 6. The van der Waals surface area contributed by atoms with Crippen molar-refractivity contribution in [3.05, 3.63) is 90.0 Å². The van der Waals surface area contributed by atoms with Gasteiger partial charge in [-0.1, -0.05) is 42.5 Å². The van der Waals surface area contributed by atoms with Gasteiger partial charge in [0.1, 0.15) is 5.82 Å². The van der Waals surface area contributed by atoms with Gasteiger partial charge in [0.05, 0.1) is 4.70 Å². The third-order valence-electron chi connectivity index (χ3n) is 6.17. The van der Waals surface area contributed by atoms with Crippen LogP contribution in [0.5, 0.6) is 0 Å². The van der Waals surface area contributed by atoms with Crippen LogP contribution in [0.25, 0.3) is 10.1 Å². The highest BCUT2D eigenvalue weighted by atomic mass is 32.1. The zero-order valence-corrected chi connectivity index (χ0v) is 19.9. The van der Waals surface area contributed by atoms with Crippen LogP contribution in [0.15, 0.2) is 78.9 Å². The van der Waals surface area contributed by atoms with Gasteiger partial charge in [-0.15, -0.1) is 0 Å². The molecule has 1 aliphatic heterocycles. The van der Waals surface area contributed by atoms with E-state index in [0.717, 1.165) is 48.6 Å². The molecule has 4 aromatic rings. The molecular formula is C27H29N5OS. The van der Waals surface area contributed by atoms with Crippen LogP contribution in [0.2, 0.25) is 0 Å². The fourth-order valence-corrected chi connectivity index (χ4v) is 5.10. The summed E-state index contributed by atoms with van der Waals surface area (Å²) >= 11 is 1.48. The van der Waals surface area contributed by atoms with E-state index in [1.807, 2.05) is 30.3 Å². The minimum Gasteiger partial charge on any atom is -0.369 e. The monoisotopic (exact) mass is 471 g/mol. The fourth-order valence-electron chi connectivity index (χ4n) is 4.34. The Balaban J connectivity index is 1.09. The first-order valence-electron chi connectivity index (χ1n) is 11.7. The van der Waals surface area contributed by atoms with Crippen LogP contribution in [0.1, 0.15) is 15.9 Å². The largest absolute Gasteiger partial charge is 0.369 e. The molecule has 0 bridgehead atoms. The van der Waals surface area contributed by atoms with E-state index in [2.05, 4.69) is 73.3 Å². The van der Waals surface area contributed by atoms with Crippen LogP contribution in [0.3, 0.4) is 0 Å². The Morgan fingerprint density at radius 1 is 0.882 bits per heavy atom. The number of carbonyl (C=O) groups is 1. The molecule has 7 heteroatoms. The average Bonchev–Trinajstić information content (AvgIpc) is 3.31. The molecule has 1 aromatic heterocycles. The van der Waals surface area contributed by atoms with E-state index in [1.54, 1.807) is 0 Å². The van der Waals surface area contributed by atoms with Gasteiger partial charge in [0.2, 0.25) is 0 Å². The van der Waals surface area contributed by atoms with Gasteiger partial charge in [0, 0.05) is 62.5 Å². The number of piperazine rings is 1. The van der Waals surface area contributed by atoms with E-state index in [9.17, 15) is 4.79 Å². The molecule has 2 N–H and O–H groups in total. The van der Waals surface area contributed by atoms with Crippen molar-refractivity contribution in [1.82, 2.24) is 14.6 Å². The maximum absolute atomic E-state index is 12.7. The zero-order valence-electron chi connectivity index (χ0n) is 19.1. The van der Waals surface area contributed by atoms with Crippen molar-refractivity contribution in [3.63, 3.8) is 0 Å². The Hall–Kier alpha value is -3.42. The lowest BCUT2D eigenvalue weighted by molar-refractivity contribution is 0.0955. The van der Waals surface area contributed by atoms with E-state index in [4.69, 9.17) is 0 Å². The van der Waals surface area contributed by atoms with E-state index in [-0.39, 0.29) is 5.91 Å². The molecule has 0 atom stereocenters. The van der Waals surface area contributed by atoms with Crippen molar-refractivity contribution >= 4 is 39.0 Å². The molecule has 174 valence electrons. The summed E-state index contributed by atoms with van der Waals surface area (Å²) in [5.74, 6) is 0.838. The number of hydrogen-bond donors (Lipinski definition) is 2. The predicted octanol–water partition coefficient (Wildman–Crippen LogP) is 4.46. The van der Waals surface area contributed by atoms with Gasteiger partial charge < -0.3 is 15.5 Å². The molecule has 1 fully saturated rings. The summed E-state index contributed by atoms with van der Waals surface area (Å²) in [5, 5.41) is 7.47. The summed E-state index contributed by atoms with van der Waals surface area (Å²) in [6.45, 7) is 6.10. The molecule has 1 amide bonds. The number of amides is 1. The molecule has 0 saturated carbocycles. The third kappa shape index (κ3) is 5.38. The van der Waals surface area contributed by atoms with Gasteiger partial charge in [-0.25, -0.2) is 0 Å². The predicted molar refractivity (Wildman–Crippen MR) is 141 cm³/mol. The molecule has 1 aliphatic rings. The second kappa shape index (κ2) is 10.7. The molecule has 0 aliphatic carbocycles. The minimum absolute atomic E-state index is 0.0410. The first kappa shape index (κ1) is 22.4. The average molecular weight is 472 g/mol. The van der Waals surface area contributed by atoms with E-state index in [1.165, 1.54) is 22.8 Å². The van der Waals surface area contributed by atoms with Gasteiger partial charge in [-0.05, 0) is 53.5 Å². The highest BCUT2D eigenvalue weighted by molar-refractivity contribution is 7.13. The van der Waals surface area contributed by atoms with Crippen LogP contribution in [0, 0.1) is 0 Å². The van der Waals surface area contributed by atoms with Gasteiger partial charge in [0.25, 0.3) is 5.91 Å². The molecule has 5 rings (SSSR count). The summed E-state index contributed by atoms with van der Waals surface area (Å²) < 4.78 is 5.63. The quantitative estimate of drug-likeness (QED) is 0.372. The van der Waals surface area contributed by atoms with Gasteiger partial charge in [-0.2, -0.15) is 4.37 Å². The third-order valence-corrected chi connectivity index (χ3v) is 7.00. The zero-order chi connectivity index (χ0) is 23.2. The number of anilines is 2. The highest BCUT2D eigenvalue weighted by Gasteiger charge is 2.17. The van der Waals surface area contributed by atoms with E-state index >= 15 is 0 Å². The highest BCUT2D eigenvalue weighted by Crippen LogP contribution is 2.25. The molecule has 6 nitrogen and oxygen atoms in total. The molecule has 0 radical (unpaired) electrons. The molecule has 34 heavy (non-hydrogen) atoms. The Bertz CT molecular complexity index is 1230. The van der Waals surface area contributed by atoms with Crippen LogP contribution in [-0.4, -0.2) is 54.4 Å². The van der Waals surface area contributed by atoms with Crippen molar-refractivity contribution in [2.75, 3.05) is 49.5 Å². The normalized spacial score (nSPS) is 14.3. The Morgan fingerprint density at radius 2 is 1.68 bits per heavy atom. The van der Waals surface area contributed by atoms with Crippen LogP contribution in [-0.2, 0) is 6.54 Å². The topological polar surface area (TPSA) is 60.5 Å². The van der Waals surface area contributed by atoms with E-state index < -0.39 is 0 Å². The van der Waals surface area contributed by atoms with Crippen molar-refractivity contribution in [2.45, 2.75) is 6.54 Å². The van der Waals surface area contributed by atoms with Crippen LogP contribution >= 0.6 is 11.5 Å². The Kier molecular flexibility index (Phi) is 7.02. The number of aromatic nitrogens is 1. The number of fused-ring (bicyclic) bond motifs is 1. The Morgan fingerprint density at radius 3 is 2.53 bits per heavy atom. The summed E-state index contributed by atoms with van der Waals surface area (Å²) in [4.78, 5) is 17.6. The standard InChI is InChI=1S/C27H29N5OS/c33-27(29-14-13-28-26-24-11-4-5-12-25(24)34-30-26)22-8-6-7-21(19-22)20-31-15-17-32(18-16-31)23-9-2-1-3-10-23/h1-12,19H,13-18,20H2,(H,28,30)(H,29,33). The number of benzene rings is 3. The molecule has 0 unspecified atom stereocenters. The maximum atomic E-state index is 12.7. The number of nitrogens with one attached hydrogen (secondary N) is 2. The maximum Gasteiger partial charge on any atom is 0.251 e. The lowest BCUT2D eigenvalue weighted by Crippen LogP contribution is -2.45. The summed E-state index contributed by atoms with van der Waals surface area (Å²) in [6.07, 6.45) is 0. The van der Waals surface area contributed by atoms with Crippen molar-refractivity contribution < 1.29 is 4.79 Å². The van der Waals surface area contributed by atoms with Crippen molar-refractivity contribution in [1.29, 1.82) is 0 Å². The lowest BCUT2D eigenvalue weighted by atomic mass is 10.1. The molecule has 1 saturated heterocycles. The summed E-state index contributed by atoms with van der Waals surface area (Å²) in [6, 6.07) is 26.7. The smallest absolute Gasteiger partial charge is 0.251 e. The first-order valence-corrected chi connectivity index (χ1v) is 12.5. The van der Waals surface area contributed by atoms with Gasteiger partial charge in [0.15, 0.2) is 0 Å². The summed E-state index contributed by atoms with van der Waals surface area (Å²) in [7, 11) is 0. The van der Waals surface area contributed by atoms with Crippen molar-refractivity contribution in [2.24, 2.45) is 0 Å². The van der Waals surface area contributed by atoms with Crippen LogP contribution < -0.4 is 15.5 Å². The number of para-hydroxylation sites is 1. The Labute approximate surface area is 204 Å². The second-order valence-corrected chi connectivity index (χ2v) is 9.31. The van der Waals surface area contributed by atoms with Gasteiger partial charge in [-0.3, -0.25) is 9.69 Å². The molecule has 2 heterocycles. The number of carbonyl (C=O) groups excluding carboxylic acids is 1. The van der Waals surface area contributed by atoms with E-state index in [0.29, 0.717) is 18.7 Å². The lowest BCUT2D eigenvalue weighted by Gasteiger charge is -2.36.